The lowest BCUT2D eigenvalue weighted by Gasteiger charge is -2.48. The Kier molecular flexibility index (Phi) is 9.32. The van der Waals surface area contributed by atoms with Crippen molar-refractivity contribution in [3.63, 3.8) is 0 Å². The first-order chi connectivity index (χ1) is 20.4. The predicted octanol–water partition coefficient (Wildman–Crippen LogP) is 7.25. The van der Waals surface area contributed by atoms with E-state index < -0.39 is 20.0 Å². The standard InChI is InChI=1S/C33H47N5O5Si/c1-20(2)22-19-41-27-13-12-23(35-28(22)27)30(39)36-24-16-34-15-14-26(24)38-17-21(3)29(43-44(10,11)33(7,8)9)25(18-38)37-31(40)42-32(4,5)6/h12-16,19,21,25,29H,1,17-18H2,2-11H3,(H,36,39)(H,37,40)/t21-,25+,29?/m0/s1. The summed E-state index contributed by atoms with van der Waals surface area (Å²) >= 11 is 0. The zero-order valence-electron chi connectivity index (χ0n) is 27.7. The molecule has 0 aliphatic carbocycles. The minimum Gasteiger partial charge on any atom is -0.462 e. The minimum atomic E-state index is -2.17. The number of anilines is 2. The average molecular weight is 622 g/mol. The van der Waals surface area contributed by atoms with Crippen molar-refractivity contribution in [1.29, 1.82) is 0 Å². The van der Waals surface area contributed by atoms with E-state index in [4.69, 9.17) is 13.6 Å². The Balaban J connectivity index is 1.61. The van der Waals surface area contributed by atoms with Gasteiger partial charge in [-0.15, -0.1) is 0 Å². The summed E-state index contributed by atoms with van der Waals surface area (Å²) in [4.78, 5) is 37.5. The fourth-order valence-corrected chi connectivity index (χ4v) is 6.48. The van der Waals surface area contributed by atoms with Crippen LogP contribution >= 0.6 is 0 Å². The maximum Gasteiger partial charge on any atom is 0.408 e. The number of ether oxygens (including phenoxy) is 1. The van der Waals surface area contributed by atoms with E-state index in [0.29, 0.717) is 29.9 Å². The molecule has 11 heteroatoms. The fraction of sp³-hybridized carbons (Fsp3) is 0.515. The van der Waals surface area contributed by atoms with Crippen molar-refractivity contribution in [3.8, 4) is 0 Å². The molecule has 0 saturated carbocycles. The highest BCUT2D eigenvalue weighted by Crippen LogP contribution is 2.40. The van der Waals surface area contributed by atoms with Gasteiger partial charge in [-0.05, 0) is 69.6 Å². The lowest BCUT2D eigenvalue weighted by molar-refractivity contribution is 0.0336. The molecule has 1 saturated heterocycles. The number of aromatic nitrogens is 2. The Morgan fingerprint density at radius 3 is 2.45 bits per heavy atom. The zero-order valence-corrected chi connectivity index (χ0v) is 28.7. The summed E-state index contributed by atoms with van der Waals surface area (Å²) < 4.78 is 18.1. The molecular weight excluding hydrogens is 574 g/mol. The number of piperidine rings is 1. The highest BCUT2D eigenvalue weighted by atomic mass is 28.4. The second-order valence-corrected chi connectivity index (χ2v) is 19.1. The molecule has 4 rings (SSSR count). The van der Waals surface area contributed by atoms with E-state index in [0.717, 1.165) is 16.8 Å². The molecule has 1 aliphatic rings. The van der Waals surface area contributed by atoms with Crippen molar-refractivity contribution in [2.75, 3.05) is 23.3 Å². The molecule has 2 amide bonds. The number of allylic oxidation sites excluding steroid dienone is 1. The second-order valence-electron chi connectivity index (χ2n) is 14.3. The van der Waals surface area contributed by atoms with Gasteiger partial charge >= 0.3 is 6.09 Å². The molecule has 2 N–H and O–H groups in total. The molecule has 0 spiro atoms. The van der Waals surface area contributed by atoms with Crippen LogP contribution in [0.3, 0.4) is 0 Å². The first-order valence-electron chi connectivity index (χ1n) is 15.1. The Hall–Kier alpha value is -3.70. The van der Waals surface area contributed by atoms with Crippen LogP contribution in [0.2, 0.25) is 18.1 Å². The lowest BCUT2D eigenvalue weighted by atomic mass is 9.92. The van der Waals surface area contributed by atoms with Gasteiger partial charge in [0, 0.05) is 30.8 Å². The molecule has 3 aromatic heterocycles. The van der Waals surface area contributed by atoms with Gasteiger partial charge in [-0.2, -0.15) is 0 Å². The molecule has 1 aliphatic heterocycles. The van der Waals surface area contributed by atoms with E-state index in [-0.39, 0.29) is 34.7 Å². The first-order valence-corrected chi connectivity index (χ1v) is 18.0. The van der Waals surface area contributed by atoms with Crippen LogP contribution in [0.5, 0.6) is 0 Å². The minimum absolute atomic E-state index is 0.00150. The molecular formula is C33H47N5O5Si. The Labute approximate surface area is 261 Å². The van der Waals surface area contributed by atoms with Crippen molar-refractivity contribution in [1.82, 2.24) is 15.3 Å². The first kappa shape index (κ1) is 33.2. The van der Waals surface area contributed by atoms with Gasteiger partial charge in [0.25, 0.3) is 5.91 Å². The molecule has 3 atom stereocenters. The highest BCUT2D eigenvalue weighted by molar-refractivity contribution is 6.74. The van der Waals surface area contributed by atoms with Crippen LogP contribution in [0, 0.1) is 5.92 Å². The van der Waals surface area contributed by atoms with Crippen molar-refractivity contribution in [2.24, 2.45) is 5.92 Å². The molecule has 1 unspecified atom stereocenters. The SMILES string of the molecule is C=C(C)c1coc2ccc(C(=O)Nc3cnccc3N3C[C@H](C)C(O[Si](C)(C)C(C)(C)C)[C@H](NC(=O)OC(C)(C)C)C3)nc12. The number of fused-ring (bicyclic) bond motifs is 1. The van der Waals surface area contributed by atoms with Gasteiger partial charge in [0.15, 0.2) is 13.9 Å². The summed E-state index contributed by atoms with van der Waals surface area (Å²) in [6.07, 6.45) is 4.22. The van der Waals surface area contributed by atoms with Crippen molar-refractivity contribution in [3.05, 3.63) is 54.7 Å². The molecule has 0 bridgehead atoms. The molecule has 10 nitrogen and oxygen atoms in total. The van der Waals surface area contributed by atoms with Crippen LogP contribution in [-0.2, 0) is 9.16 Å². The molecule has 1 fully saturated rings. The molecule has 238 valence electrons. The summed E-state index contributed by atoms with van der Waals surface area (Å²) in [5, 5.41) is 6.12. The van der Waals surface area contributed by atoms with Crippen molar-refractivity contribution >= 4 is 48.4 Å². The number of amides is 2. The molecule has 44 heavy (non-hydrogen) atoms. The number of rotatable bonds is 7. The average Bonchev–Trinajstić information content (AvgIpc) is 3.33. The third-order valence-corrected chi connectivity index (χ3v) is 12.8. The topological polar surface area (TPSA) is 119 Å². The van der Waals surface area contributed by atoms with Crippen LogP contribution in [0.4, 0.5) is 16.2 Å². The number of nitrogens with one attached hydrogen (secondary N) is 2. The molecule has 0 radical (unpaired) electrons. The van der Waals surface area contributed by atoms with E-state index in [1.165, 1.54) is 0 Å². The lowest BCUT2D eigenvalue weighted by Crippen LogP contribution is -2.63. The van der Waals surface area contributed by atoms with Crippen LogP contribution in [0.1, 0.15) is 71.4 Å². The monoisotopic (exact) mass is 621 g/mol. The van der Waals surface area contributed by atoms with Gasteiger partial charge in [0.05, 0.1) is 29.7 Å². The number of carbonyl (C=O) groups is 2. The Morgan fingerprint density at radius 2 is 1.82 bits per heavy atom. The van der Waals surface area contributed by atoms with E-state index in [2.05, 4.69) is 72.9 Å². The van der Waals surface area contributed by atoms with Gasteiger partial charge in [-0.25, -0.2) is 9.78 Å². The van der Waals surface area contributed by atoms with Crippen LogP contribution in [0.15, 0.2) is 47.9 Å². The summed E-state index contributed by atoms with van der Waals surface area (Å²) in [6, 6.07) is 4.88. The van der Waals surface area contributed by atoms with Crippen LogP contribution in [0.25, 0.3) is 16.7 Å². The Bertz CT molecular complexity index is 1540. The summed E-state index contributed by atoms with van der Waals surface area (Å²) in [5.41, 5.74) is 3.67. The highest BCUT2D eigenvalue weighted by Gasteiger charge is 2.45. The summed E-state index contributed by atoms with van der Waals surface area (Å²) in [7, 11) is -2.17. The normalized spacial score (nSPS) is 19.5. The largest absolute Gasteiger partial charge is 0.462 e. The van der Waals surface area contributed by atoms with Gasteiger partial charge < -0.3 is 29.1 Å². The number of nitrogens with zero attached hydrogens (tertiary/aromatic N) is 3. The van der Waals surface area contributed by atoms with Gasteiger partial charge in [0.2, 0.25) is 0 Å². The summed E-state index contributed by atoms with van der Waals surface area (Å²) in [6.45, 7) is 25.7. The number of hydrogen-bond donors (Lipinski definition) is 2. The van der Waals surface area contributed by atoms with Gasteiger partial charge in [-0.1, -0.05) is 34.3 Å². The smallest absolute Gasteiger partial charge is 0.408 e. The number of hydrogen-bond acceptors (Lipinski definition) is 8. The number of pyridine rings is 2. The van der Waals surface area contributed by atoms with Crippen molar-refractivity contribution < 1.29 is 23.2 Å². The Morgan fingerprint density at radius 1 is 1.11 bits per heavy atom. The van der Waals surface area contributed by atoms with Crippen LogP contribution < -0.4 is 15.5 Å². The third-order valence-electron chi connectivity index (χ3n) is 8.32. The van der Waals surface area contributed by atoms with Crippen molar-refractivity contribution in [2.45, 2.75) is 91.3 Å². The molecule has 0 aromatic carbocycles. The molecule has 4 heterocycles. The molecule has 3 aromatic rings. The second kappa shape index (κ2) is 12.4. The number of furan rings is 1. The third kappa shape index (κ3) is 7.50. The summed E-state index contributed by atoms with van der Waals surface area (Å²) in [5.74, 6) is -0.317. The van der Waals surface area contributed by atoms with E-state index in [1.807, 2.05) is 33.8 Å². The quantitative estimate of drug-likeness (QED) is 0.265. The maximum absolute atomic E-state index is 13.4. The van der Waals surface area contributed by atoms with Gasteiger partial charge in [-0.3, -0.25) is 9.78 Å². The van der Waals surface area contributed by atoms with E-state index in [9.17, 15) is 9.59 Å². The fourth-order valence-electron chi connectivity index (χ4n) is 5.05. The van der Waals surface area contributed by atoms with Gasteiger partial charge in [0.1, 0.15) is 23.1 Å². The predicted molar refractivity (Wildman–Crippen MR) is 178 cm³/mol. The maximum atomic E-state index is 13.4. The number of alkyl carbamates (subject to hydrolysis) is 1. The van der Waals surface area contributed by atoms with E-state index >= 15 is 0 Å². The number of carbonyl (C=O) groups excluding carboxylic acids is 2. The van der Waals surface area contributed by atoms with E-state index in [1.54, 1.807) is 30.8 Å². The zero-order chi connectivity index (χ0) is 32.6. The van der Waals surface area contributed by atoms with Crippen LogP contribution in [-0.4, -0.2) is 61.1 Å².